The molecule has 4 aliphatic rings. The molecule has 7 unspecified atom stereocenters. The van der Waals surface area contributed by atoms with Crippen molar-refractivity contribution in [1.29, 1.82) is 0 Å². The minimum atomic E-state index is -1.50. The number of hydrogen-bond acceptors (Lipinski definition) is 12. The normalized spacial score (nSPS) is 32.1. The summed E-state index contributed by atoms with van der Waals surface area (Å²) in [5.74, 6) is -2.44. The first-order chi connectivity index (χ1) is 20.7. The largest absolute Gasteiger partial charge is 0.507 e. The predicted molar refractivity (Wildman–Crippen MR) is 156 cm³/mol. The number of phenols is 2. The van der Waals surface area contributed by atoms with Crippen LogP contribution in [0.4, 0.5) is 0 Å². The first kappa shape index (κ1) is 30.9. The van der Waals surface area contributed by atoms with Crippen LogP contribution in [-0.4, -0.2) is 106 Å². The highest BCUT2D eigenvalue weighted by Crippen LogP contribution is 2.54. The number of benzene rings is 2. The number of nitrogens with one attached hydrogen (secondary N) is 1. The molecule has 44 heavy (non-hydrogen) atoms. The summed E-state index contributed by atoms with van der Waals surface area (Å²) in [6.45, 7) is 6.72. The quantitative estimate of drug-likeness (QED) is 0.211. The van der Waals surface area contributed by atoms with Gasteiger partial charge < -0.3 is 50.0 Å². The molecule has 2 aliphatic carbocycles. The number of nitrogens with zero attached hydrogens (tertiary/aromatic N) is 1. The van der Waals surface area contributed by atoms with Crippen LogP contribution >= 0.6 is 0 Å². The number of ketones is 2. The van der Waals surface area contributed by atoms with Gasteiger partial charge in [0.25, 0.3) is 0 Å². The van der Waals surface area contributed by atoms with Crippen LogP contribution in [0.1, 0.15) is 88.2 Å². The number of aliphatic hydroxyl groups is 3. The zero-order valence-corrected chi connectivity index (χ0v) is 25.5. The molecule has 0 amide bonds. The van der Waals surface area contributed by atoms with Crippen LogP contribution < -0.4 is 10.1 Å². The lowest BCUT2D eigenvalue weighted by atomic mass is 9.72. The summed E-state index contributed by atoms with van der Waals surface area (Å²) < 4.78 is 17.6. The molecule has 0 spiro atoms. The fourth-order valence-electron chi connectivity index (χ4n) is 7.36. The van der Waals surface area contributed by atoms with Gasteiger partial charge in [-0.2, -0.15) is 0 Å². The molecule has 0 radical (unpaired) electrons. The lowest BCUT2D eigenvalue weighted by Gasteiger charge is -2.53. The number of likely N-dealkylation sites (N-methyl/N-ethyl adjacent to an activating group) is 1. The van der Waals surface area contributed by atoms with Gasteiger partial charge >= 0.3 is 0 Å². The summed E-state index contributed by atoms with van der Waals surface area (Å²) in [5, 5.41) is 59.6. The number of hydrogen-bond donors (Lipinski definition) is 6. The van der Waals surface area contributed by atoms with Crippen molar-refractivity contribution in [2.45, 2.75) is 81.8 Å². The molecule has 0 saturated carbocycles. The summed E-state index contributed by atoms with van der Waals surface area (Å²) >= 11 is 0. The highest BCUT2D eigenvalue weighted by Gasteiger charge is 2.59. The van der Waals surface area contributed by atoms with Crippen LogP contribution in [-0.2, 0) is 21.5 Å². The van der Waals surface area contributed by atoms with Crippen molar-refractivity contribution < 1.29 is 49.3 Å². The Morgan fingerprint density at radius 2 is 1.80 bits per heavy atom. The standard InChI is InChI=1S/C32H40N2O10/c1-6-8-42-9-7-33-17-13-31(2,41)12-14-10-15-20(25(37)19(14)17)26(38)21-18(35)11-16-28(22(21)24(15)36)43-30-27(39)23(34(4)5)29(40)32(16,3)44-30/h10-11,17,23,27,29-30,33,35,37,39-41H,6-9,12-13H2,1-5H3. The Hall–Kier alpha value is -3.10. The topological polar surface area (TPSA) is 178 Å². The molecule has 2 heterocycles. The zero-order valence-electron chi connectivity index (χ0n) is 25.5. The van der Waals surface area contributed by atoms with Gasteiger partial charge in [0.15, 0.2) is 5.78 Å². The van der Waals surface area contributed by atoms with Crippen molar-refractivity contribution in [3.05, 3.63) is 51.1 Å². The van der Waals surface area contributed by atoms with Gasteiger partial charge in [0, 0.05) is 42.3 Å². The van der Waals surface area contributed by atoms with E-state index >= 15 is 0 Å². The van der Waals surface area contributed by atoms with Crippen LogP contribution in [0.2, 0.25) is 0 Å². The van der Waals surface area contributed by atoms with Gasteiger partial charge in [0.1, 0.15) is 35.1 Å². The second kappa shape index (κ2) is 10.8. The fourth-order valence-corrected chi connectivity index (χ4v) is 7.36. The number of fused-ring (bicyclic) bond motifs is 8. The maximum atomic E-state index is 14.3. The summed E-state index contributed by atoms with van der Waals surface area (Å²) in [6, 6.07) is 1.44. The van der Waals surface area contributed by atoms with E-state index in [1.54, 1.807) is 32.8 Å². The van der Waals surface area contributed by atoms with Crippen LogP contribution in [0, 0.1) is 0 Å². The van der Waals surface area contributed by atoms with Crippen molar-refractivity contribution in [2.24, 2.45) is 0 Å². The van der Waals surface area contributed by atoms with E-state index in [1.165, 1.54) is 12.1 Å². The maximum Gasteiger partial charge on any atom is 0.228 e. The number of carbonyl (C=O) groups is 2. The second-order valence-corrected chi connectivity index (χ2v) is 13.0. The third-order valence-electron chi connectivity index (χ3n) is 9.40. The first-order valence-corrected chi connectivity index (χ1v) is 15.0. The van der Waals surface area contributed by atoms with Crippen molar-refractivity contribution in [3.63, 3.8) is 0 Å². The molecule has 6 N–H and O–H groups in total. The lowest BCUT2D eigenvalue weighted by molar-refractivity contribution is -0.311. The van der Waals surface area contributed by atoms with E-state index in [1.807, 2.05) is 6.92 Å². The molecule has 2 aliphatic heterocycles. The average Bonchev–Trinajstić information content (AvgIpc) is 2.93. The van der Waals surface area contributed by atoms with Crippen LogP contribution in [0.3, 0.4) is 0 Å². The first-order valence-electron chi connectivity index (χ1n) is 15.0. The van der Waals surface area contributed by atoms with E-state index in [4.69, 9.17) is 14.2 Å². The summed E-state index contributed by atoms with van der Waals surface area (Å²) in [6.07, 6.45) is -2.61. The van der Waals surface area contributed by atoms with Gasteiger partial charge in [-0.3, -0.25) is 9.59 Å². The Bertz CT molecular complexity index is 1540. The van der Waals surface area contributed by atoms with E-state index < -0.39 is 59.1 Å². The number of aromatic hydroxyl groups is 2. The molecule has 1 saturated heterocycles. The van der Waals surface area contributed by atoms with Gasteiger partial charge in [-0.1, -0.05) is 6.92 Å². The zero-order chi connectivity index (χ0) is 31.9. The Morgan fingerprint density at radius 3 is 2.48 bits per heavy atom. The van der Waals surface area contributed by atoms with E-state index in [0.29, 0.717) is 30.9 Å². The third-order valence-corrected chi connectivity index (χ3v) is 9.40. The minimum absolute atomic E-state index is 0.0771. The highest BCUT2D eigenvalue weighted by atomic mass is 16.7. The van der Waals surface area contributed by atoms with Gasteiger partial charge in [0.05, 0.1) is 34.9 Å². The van der Waals surface area contributed by atoms with Gasteiger partial charge in [-0.05, 0) is 58.5 Å². The Labute approximate surface area is 255 Å². The number of carbonyl (C=O) groups excluding carboxylic acids is 2. The molecular weight excluding hydrogens is 572 g/mol. The lowest BCUT2D eigenvalue weighted by Crippen LogP contribution is -2.68. The van der Waals surface area contributed by atoms with Gasteiger partial charge in [-0.25, -0.2) is 0 Å². The second-order valence-electron chi connectivity index (χ2n) is 13.0. The summed E-state index contributed by atoms with van der Waals surface area (Å²) in [4.78, 5) is 30.0. The minimum Gasteiger partial charge on any atom is -0.507 e. The number of aliphatic hydroxyl groups excluding tert-OH is 2. The van der Waals surface area contributed by atoms with Crippen molar-refractivity contribution in [1.82, 2.24) is 10.2 Å². The molecule has 0 aromatic heterocycles. The molecule has 12 nitrogen and oxygen atoms in total. The fraction of sp³-hybridized carbons (Fsp3) is 0.562. The number of rotatable bonds is 7. The third kappa shape index (κ3) is 4.54. The summed E-state index contributed by atoms with van der Waals surface area (Å²) in [5.41, 5.74) is -2.48. The van der Waals surface area contributed by atoms with E-state index in [9.17, 15) is 35.1 Å². The monoisotopic (exact) mass is 612 g/mol. The predicted octanol–water partition coefficient (Wildman–Crippen LogP) is 1.24. The molecule has 1 fully saturated rings. The summed E-state index contributed by atoms with van der Waals surface area (Å²) in [7, 11) is 3.38. The van der Waals surface area contributed by atoms with Gasteiger partial charge in [-0.15, -0.1) is 0 Å². The Morgan fingerprint density at radius 1 is 1.07 bits per heavy atom. The van der Waals surface area contributed by atoms with E-state index in [0.717, 1.165) is 6.42 Å². The SMILES string of the molecule is CCCOCCNC1CC(C)(O)Cc2cc3c(c(O)c21)C(=O)c1c(O)cc2c(c1C3=O)OC1OC2(C)C(O)C(N(C)C)C1O. The molecule has 7 atom stereocenters. The maximum absolute atomic E-state index is 14.3. The van der Waals surface area contributed by atoms with Crippen molar-refractivity contribution >= 4 is 11.6 Å². The Balaban J connectivity index is 1.47. The number of ether oxygens (including phenoxy) is 3. The molecule has 2 aromatic rings. The molecule has 12 heteroatoms. The van der Waals surface area contributed by atoms with Crippen LogP contribution in [0.5, 0.6) is 17.2 Å². The number of phenolic OH excluding ortho intramolecular Hbond substituents is 2. The highest BCUT2D eigenvalue weighted by molar-refractivity contribution is 6.31. The van der Waals surface area contributed by atoms with Crippen molar-refractivity contribution in [3.8, 4) is 17.2 Å². The smallest absolute Gasteiger partial charge is 0.228 e. The Kier molecular flexibility index (Phi) is 7.56. The van der Waals surface area contributed by atoms with Crippen molar-refractivity contribution in [2.75, 3.05) is 33.9 Å². The van der Waals surface area contributed by atoms with Crippen LogP contribution in [0.25, 0.3) is 0 Å². The molecular formula is C32H40N2O10. The van der Waals surface area contributed by atoms with Gasteiger partial charge in [0.2, 0.25) is 12.1 Å². The molecule has 2 aromatic carbocycles. The van der Waals surface area contributed by atoms with Crippen LogP contribution in [0.15, 0.2) is 12.1 Å². The molecule has 6 rings (SSSR count). The van der Waals surface area contributed by atoms with E-state index in [2.05, 4.69) is 5.32 Å². The molecule has 2 bridgehead atoms. The average molecular weight is 613 g/mol. The molecule has 238 valence electrons. The van der Waals surface area contributed by atoms with E-state index in [-0.39, 0.29) is 52.2 Å².